The highest BCUT2D eigenvalue weighted by atomic mass is 16.5. The topological polar surface area (TPSA) is 70.7 Å². The van der Waals surface area contributed by atoms with Gasteiger partial charge in [0.05, 0.1) is 19.2 Å². The van der Waals surface area contributed by atoms with Crippen molar-refractivity contribution in [2.45, 2.75) is 25.8 Å². The van der Waals surface area contributed by atoms with Gasteiger partial charge >= 0.3 is 0 Å². The Hall–Kier alpha value is -1.92. The van der Waals surface area contributed by atoms with Crippen LogP contribution in [-0.4, -0.2) is 45.2 Å². The van der Waals surface area contributed by atoms with Gasteiger partial charge in [-0.1, -0.05) is 12.1 Å². The van der Waals surface area contributed by atoms with E-state index in [9.17, 15) is 9.59 Å². The summed E-state index contributed by atoms with van der Waals surface area (Å²) in [5, 5.41) is 5.97. The molecule has 1 aliphatic heterocycles. The molecule has 0 bridgehead atoms. The third-order valence-electron chi connectivity index (χ3n) is 3.90. The maximum Gasteiger partial charge on any atom is 0.234 e. The van der Waals surface area contributed by atoms with Gasteiger partial charge in [0, 0.05) is 32.3 Å². The second-order valence-electron chi connectivity index (χ2n) is 5.70. The third kappa shape index (κ3) is 5.04. The average molecular weight is 319 g/mol. The monoisotopic (exact) mass is 319 g/mol. The molecule has 1 saturated heterocycles. The summed E-state index contributed by atoms with van der Waals surface area (Å²) in [6, 6.07) is 7.70. The standard InChI is InChI=1S/C17H25N3O3/c1-13(19-16(21)12-18-8-10-23-2)14-5-3-6-15(11-14)20-9-4-7-17(20)22/h3,5-6,11,13,18H,4,7-10,12H2,1-2H3,(H,19,21). The molecule has 6 heteroatoms. The Morgan fingerprint density at radius 2 is 2.26 bits per heavy atom. The summed E-state index contributed by atoms with van der Waals surface area (Å²) in [5.41, 5.74) is 1.90. The van der Waals surface area contributed by atoms with Crippen molar-refractivity contribution in [3.05, 3.63) is 29.8 Å². The number of ether oxygens (including phenoxy) is 1. The number of anilines is 1. The molecule has 1 aliphatic rings. The van der Waals surface area contributed by atoms with Gasteiger partial charge in [0.25, 0.3) is 0 Å². The summed E-state index contributed by atoms with van der Waals surface area (Å²) in [7, 11) is 1.63. The molecule has 6 nitrogen and oxygen atoms in total. The van der Waals surface area contributed by atoms with Crippen molar-refractivity contribution in [2.75, 3.05) is 38.3 Å². The first-order valence-electron chi connectivity index (χ1n) is 8.01. The van der Waals surface area contributed by atoms with E-state index in [0.29, 0.717) is 19.6 Å². The Labute approximate surface area is 137 Å². The predicted octanol–water partition coefficient (Wildman–Crippen LogP) is 1.23. The SMILES string of the molecule is COCCNCC(=O)NC(C)c1cccc(N2CCCC2=O)c1. The second-order valence-corrected chi connectivity index (χ2v) is 5.70. The second kappa shape index (κ2) is 8.64. The molecule has 2 rings (SSSR count). The van der Waals surface area contributed by atoms with E-state index >= 15 is 0 Å². The van der Waals surface area contributed by atoms with Crippen molar-refractivity contribution in [2.24, 2.45) is 0 Å². The lowest BCUT2D eigenvalue weighted by atomic mass is 10.1. The van der Waals surface area contributed by atoms with Gasteiger partial charge in [0.1, 0.15) is 0 Å². The Morgan fingerprint density at radius 3 is 2.96 bits per heavy atom. The number of amides is 2. The zero-order chi connectivity index (χ0) is 16.7. The fourth-order valence-electron chi connectivity index (χ4n) is 2.64. The molecule has 126 valence electrons. The molecule has 1 aromatic rings. The molecule has 0 radical (unpaired) electrons. The van der Waals surface area contributed by atoms with E-state index in [1.165, 1.54) is 0 Å². The smallest absolute Gasteiger partial charge is 0.234 e. The van der Waals surface area contributed by atoms with E-state index in [-0.39, 0.29) is 24.4 Å². The van der Waals surface area contributed by atoms with E-state index in [2.05, 4.69) is 10.6 Å². The van der Waals surface area contributed by atoms with Gasteiger partial charge in [-0.25, -0.2) is 0 Å². The van der Waals surface area contributed by atoms with Crippen LogP contribution in [0.5, 0.6) is 0 Å². The number of nitrogens with zero attached hydrogens (tertiary/aromatic N) is 1. The van der Waals surface area contributed by atoms with Crippen LogP contribution in [0.3, 0.4) is 0 Å². The first-order valence-corrected chi connectivity index (χ1v) is 8.01. The van der Waals surface area contributed by atoms with Crippen LogP contribution in [0.2, 0.25) is 0 Å². The van der Waals surface area contributed by atoms with Crippen LogP contribution in [0, 0.1) is 0 Å². The zero-order valence-corrected chi connectivity index (χ0v) is 13.8. The van der Waals surface area contributed by atoms with Gasteiger partial charge in [0.2, 0.25) is 11.8 Å². The lowest BCUT2D eigenvalue weighted by Gasteiger charge is -2.19. The first kappa shape index (κ1) is 17.4. The number of methoxy groups -OCH3 is 1. The predicted molar refractivity (Wildman–Crippen MR) is 89.3 cm³/mol. The molecule has 1 heterocycles. The maximum absolute atomic E-state index is 11.9. The van der Waals surface area contributed by atoms with Gasteiger partial charge in [-0.3, -0.25) is 9.59 Å². The van der Waals surface area contributed by atoms with E-state index in [0.717, 1.165) is 24.2 Å². The summed E-state index contributed by atoms with van der Waals surface area (Å²) in [6.45, 7) is 4.20. The highest BCUT2D eigenvalue weighted by Gasteiger charge is 2.22. The van der Waals surface area contributed by atoms with Crippen LogP contribution >= 0.6 is 0 Å². The molecule has 1 atom stereocenters. The molecule has 0 saturated carbocycles. The summed E-state index contributed by atoms with van der Waals surface area (Å²) < 4.78 is 4.92. The van der Waals surface area contributed by atoms with Gasteiger partial charge in [-0.05, 0) is 31.0 Å². The van der Waals surface area contributed by atoms with E-state index < -0.39 is 0 Å². The number of rotatable bonds is 8. The minimum absolute atomic E-state index is 0.0590. The number of nitrogens with one attached hydrogen (secondary N) is 2. The lowest BCUT2D eigenvalue weighted by molar-refractivity contribution is -0.121. The normalized spacial score (nSPS) is 15.7. The number of carbonyl (C=O) groups excluding carboxylic acids is 2. The van der Waals surface area contributed by atoms with Crippen LogP contribution in [0.15, 0.2) is 24.3 Å². The molecule has 23 heavy (non-hydrogen) atoms. The highest BCUT2D eigenvalue weighted by molar-refractivity contribution is 5.95. The van der Waals surface area contributed by atoms with E-state index in [1.807, 2.05) is 36.1 Å². The lowest BCUT2D eigenvalue weighted by Crippen LogP contribution is -2.36. The third-order valence-corrected chi connectivity index (χ3v) is 3.90. The summed E-state index contributed by atoms with van der Waals surface area (Å²) in [5.74, 6) is 0.109. The Kier molecular flexibility index (Phi) is 6.55. The number of hydrogen-bond acceptors (Lipinski definition) is 4. The van der Waals surface area contributed by atoms with Crippen LogP contribution in [0.25, 0.3) is 0 Å². The molecule has 2 N–H and O–H groups in total. The highest BCUT2D eigenvalue weighted by Crippen LogP contribution is 2.24. The zero-order valence-electron chi connectivity index (χ0n) is 13.8. The molecule has 0 aromatic heterocycles. The quantitative estimate of drug-likeness (QED) is 0.707. The molecule has 0 aliphatic carbocycles. The van der Waals surface area contributed by atoms with E-state index in [1.54, 1.807) is 7.11 Å². The maximum atomic E-state index is 11.9. The van der Waals surface area contributed by atoms with Gasteiger partial charge in [-0.2, -0.15) is 0 Å². The van der Waals surface area contributed by atoms with Crippen LogP contribution in [0.1, 0.15) is 31.4 Å². The number of carbonyl (C=O) groups is 2. The van der Waals surface area contributed by atoms with E-state index in [4.69, 9.17) is 4.74 Å². The van der Waals surface area contributed by atoms with Crippen LogP contribution < -0.4 is 15.5 Å². The van der Waals surface area contributed by atoms with Gasteiger partial charge in [-0.15, -0.1) is 0 Å². The fraction of sp³-hybridized carbons (Fsp3) is 0.529. The van der Waals surface area contributed by atoms with Crippen LogP contribution in [0.4, 0.5) is 5.69 Å². The molecule has 1 aromatic carbocycles. The first-order chi connectivity index (χ1) is 11.1. The number of benzene rings is 1. The molecule has 1 unspecified atom stereocenters. The molecular formula is C17H25N3O3. The molecular weight excluding hydrogens is 294 g/mol. The van der Waals surface area contributed by atoms with Crippen molar-refractivity contribution in [1.29, 1.82) is 0 Å². The van der Waals surface area contributed by atoms with Crippen molar-refractivity contribution >= 4 is 17.5 Å². The summed E-state index contributed by atoms with van der Waals surface area (Å²) in [6.07, 6.45) is 1.52. The Morgan fingerprint density at radius 1 is 1.43 bits per heavy atom. The Bertz CT molecular complexity index is 548. The molecule has 1 fully saturated rings. The fourth-order valence-corrected chi connectivity index (χ4v) is 2.64. The number of hydrogen-bond donors (Lipinski definition) is 2. The average Bonchev–Trinajstić information content (AvgIpc) is 2.98. The van der Waals surface area contributed by atoms with Crippen LogP contribution in [-0.2, 0) is 14.3 Å². The summed E-state index contributed by atoms with van der Waals surface area (Å²) >= 11 is 0. The van der Waals surface area contributed by atoms with Crippen molar-refractivity contribution in [3.8, 4) is 0 Å². The van der Waals surface area contributed by atoms with Gasteiger partial charge < -0.3 is 20.3 Å². The Balaban J connectivity index is 1.90. The minimum Gasteiger partial charge on any atom is -0.383 e. The van der Waals surface area contributed by atoms with Gasteiger partial charge in [0.15, 0.2) is 0 Å². The van der Waals surface area contributed by atoms with Crippen molar-refractivity contribution in [1.82, 2.24) is 10.6 Å². The minimum atomic E-state index is -0.107. The van der Waals surface area contributed by atoms with Crippen molar-refractivity contribution in [3.63, 3.8) is 0 Å². The summed E-state index contributed by atoms with van der Waals surface area (Å²) in [4.78, 5) is 25.6. The molecule has 2 amide bonds. The largest absolute Gasteiger partial charge is 0.383 e. The molecule has 0 spiro atoms. The van der Waals surface area contributed by atoms with Crippen molar-refractivity contribution < 1.29 is 14.3 Å².